The summed E-state index contributed by atoms with van der Waals surface area (Å²) in [6.07, 6.45) is 1.78. The van der Waals surface area contributed by atoms with E-state index < -0.39 is 4.92 Å². The predicted molar refractivity (Wildman–Crippen MR) is 77.9 cm³/mol. The number of ether oxygens (including phenoxy) is 1. The lowest BCUT2D eigenvalue weighted by Crippen LogP contribution is -2.18. The van der Waals surface area contributed by atoms with Crippen molar-refractivity contribution < 1.29 is 9.66 Å². The first-order valence-electron chi connectivity index (χ1n) is 6.64. The largest absolute Gasteiger partial charge is 0.490 e. The first kappa shape index (κ1) is 14.1. The van der Waals surface area contributed by atoms with Crippen LogP contribution in [-0.4, -0.2) is 11.0 Å². The van der Waals surface area contributed by atoms with Crippen LogP contribution in [-0.2, 0) is 6.42 Å². The molecule has 2 aromatic rings. The van der Waals surface area contributed by atoms with E-state index in [0.717, 1.165) is 12.8 Å². The van der Waals surface area contributed by atoms with E-state index in [2.05, 4.69) is 19.1 Å². The van der Waals surface area contributed by atoms with Gasteiger partial charge in [0.25, 0.3) is 5.69 Å². The van der Waals surface area contributed by atoms with Gasteiger partial charge in [0.15, 0.2) is 0 Å². The summed E-state index contributed by atoms with van der Waals surface area (Å²) in [6.45, 7) is 2.07. The van der Waals surface area contributed by atoms with E-state index in [4.69, 9.17) is 4.74 Å². The van der Waals surface area contributed by atoms with Crippen LogP contribution in [0.15, 0.2) is 54.6 Å². The monoisotopic (exact) mass is 271 g/mol. The average Bonchev–Trinajstić information content (AvgIpc) is 2.48. The highest BCUT2D eigenvalue weighted by Gasteiger charge is 2.10. The van der Waals surface area contributed by atoms with Crippen molar-refractivity contribution in [3.8, 4) is 5.75 Å². The zero-order valence-corrected chi connectivity index (χ0v) is 11.4. The highest BCUT2D eigenvalue weighted by molar-refractivity contribution is 5.36. The van der Waals surface area contributed by atoms with Gasteiger partial charge in [-0.05, 0) is 24.1 Å². The molecule has 0 aliphatic heterocycles. The van der Waals surface area contributed by atoms with E-state index >= 15 is 0 Å². The molecule has 0 radical (unpaired) electrons. The summed E-state index contributed by atoms with van der Waals surface area (Å²) >= 11 is 0. The molecule has 4 heteroatoms. The second-order valence-corrected chi connectivity index (χ2v) is 4.59. The van der Waals surface area contributed by atoms with E-state index in [0.29, 0.717) is 5.75 Å². The zero-order valence-electron chi connectivity index (χ0n) is 11.4. The van der Waals surface area contributed by atoms with E-state index in [-0.39, 0.29) is 11.8 Å². The van der Waals surface area contributed by atoms with Gasteiger partial charge in [-0.1, -0.05) is 37.3 Å². The molecule has 2 aromatic carbocycles. The second kappa shape index (κ2) is 6.70. The fourth-order valence-corrected chi connectivity index (χ4v) is 1.99. The Morgan fingerprint density at radius 1 is 1.10 bits per heavy atom. The number of nitro groups is 1. The topological polar surface area (TPSA) is 52.4 Å². The van der Waals surface area contributed by atoms with Crippen molar-refractivity contribution in [2.45, 2.75) is 25.9 Å². The molecule has 1 unspecified atom stereocenters. The minimum atomic E-state index is -0.412. The van der Waals surface area contributed by atoms with E-state index in [1.54, 1.807) is 12.1 Å². The highest BCUT2D eigenvalue weighted by Crippen LogP contribution is 2.20. The van der Waals surface area contributed by atoms with Crippen LogP contribution >= 0.6 is 0 Å². The van der Waals surface area contributed by atoms with Crippen molar-refractivity contribution in [3.63, 3.8) is 0 Å². The van der Waals surface area contributed by atoms with Crippen LogP contribution in [0.25, 0.3) is 0 Å². The summed E-state index contributed by atoms with van der Waals surface area (Å²) < 4.78 is 5.88. The van der Waals surface area contributed by atoms with Gasteiger partial charge in [0.1, 0.15) is 11.9 Å². The molecule has 0 fully saturated rings. The average molecular weight is 271 g/mol. The van der Waals surface area contributed by atoms with Crippen LogP contribution in [0.5, 0.6) is 5.75 Å². The Balaban J connectivity index is 2.01. The molecule has 0 heterocycles. The van der Waals surface area contributed by atoms with Crippen LogP contribution in [0, 0.1) is 10.1 Å². The predicted octanol–water partition coefficient (Wildman–Crippen LogP) is 3.99. The maximum Gasteiger partial charge on any atom is 0.269 e. The molecule has 0 N–H and O–H groups in total. The van der Waals surface area contributed by atoms with Crippen molar-refractivity contribution in [3.05, 3.63) is 70.3 Å². The molecule has 0 spiro atoms. The second-order valence-electron chi connectivity index (χ2n) is 4.59. The van der Waals surface area contributed by atoms with Crippen molar-refractivity contribution in [2.75, 3.05) is 0 Å². The Hall–Kier alpha value is -2.36. The molecule has 4 nitrogen and oxygen atoms in total. The minimum absolute atomic E-state index is 0.0684. The van der Waals surface area contributed by atoms with Crippen molar-refractivity contribution in [1.82, 2.24) is 0 Å². The number of non-ortho nitro benzene ring substituents is 1. The molecule has 0 aliphatic carbocycles. The van der Waals surface area contributed by atoms with Gasteiger partial charge in [-0.3, -0.25) is 10.1 Å². The number of hydrogen-bond donors (Lipinski definition) is 0. The van der Waals surface area contributed by atoms with Crippen molar-refractivity contribution >= 4 is 5.69 Å². The van der Waals surface area contributed by atoms with Gasteiger partial charge in [0.05, 0.1) is 4.92 Å². The summed E-state index contributed by atoms with van der Waals surface area (Å²) in [6, 6.07) is 16.4. The van der Waals surface area contributed by atoms with Gasteiger partial charge in [-0.15, -0.1) is 0 Å². The molecular formula is C16H17NO3. The smallest absolute Gasteiger partial charge is 0.269 e. The SMILES string of the molecule is CCC(Cc1ccccc1)Oc1ccc([N+](=O)[O-])cc1. The Morgan fingerprint density at radius 3 is 2.30 bits per heavy atom. The Bertz CT molecular complexity index is 552. The zero-order chi connectivity index (χ0) is 14.4. The number of nitrogens with zero attached hydrogens (tertiary/aromatic N) is 1. The van der Waals surface area contributed by atoms with Crippen LogP contribution in [0.4, 0.5) is 5.69 Å². The lowest BCUT2D eigenvalue weighted by molar-refractivity contribution is -0.384. The number of nitro benzene ring substituents is 1. The molecule has 1 atom stereocenters. The molecular weight excluding hydrogens is 254 g/mol. The lowest BCUT2D eigenvalue weighted by atomic mass is 10.1. The van der Waals surface area contributed by atoms with Gasteiger partial charge in [0, 0.05) is 18.6 Å². The van der Waals surface area contributed by atoms with E-state index in [1.165, 1.54) is 17.7 Å². The van der Waals surface area contributed by atoms with Crippen LogP contribution in [0.2, 0.25) is 0 Å². The number of rotatable bonds is 6. The van der Waals surface area contributed by atoms with Gasteiger partial charge < -0.3 is 4.74 Å². The number of hydrogen-bond acceptors (Lipinski definition) is 3. The van der Waals surface area contributed by atoms with Crippen LogP contribution in [0.1, 0.15) is 18.9 Å². The van der Waals surface area contributed by atoms with Gasteiger partial charge in [-0.2, -0.15) is 0 Å². The standard InChI is InChI=1S/C16H17NO3/c1-2-15(12-13-6-4-3-5-7-13)20-16-10-8-14(9-11-16)17(18)19/h3-11,15H,2,12H2,1H3. The minimum Gasteiger partial charge on any atom is -0.490 e. The Kier molecular flexibility index (Phi) is 4.71. The summed E-state index contributed by atoms with van der Waals surface area (Å²) in [7, 11) is 0. The summed E-state index contributed by atoms with van der Waals surface area (Å²) in [5.41, 5.74) is 1.30. The molecule has 104 valence electrons. The maximum atomic E-state index is 10.6. The molecule has 0 amide bonds. The molecule has 20 heavy (non-hydrogen) atoms. The summed E-state index contributed by atoms with van der Waals surface area (Å²) in [5, 5.41) is 10.6. The fourth-order valence-electron chi connectivity index (χ4n) is 1.99. The van der Waals surface area contributed by atoms with E-state index in [9.17, 15) is 10.1 Å². The molecule has 2 rings (SSSR count). The molecule has 0 aliphatic rings. The van der Waals surface area contributed by atoms with E-state index in [1.807, 2.05) is 18.2 Å². The van der Waals surface area contributed by atoms with Gasteiger partial charge >= 0.3 is 0 Å². The first-order chi connectivity index (χ1) is 9.69. The van der Waals surface area contributed by atoms with Crippen LogP contribution < -0.4 is 4.74 Å². The Morgan fingerprint density at radius 2 is 1.75 bits per heavy atom. The molecule has 0 saturated heterocycles. The third kappa shape index (κ3) is 3.82. The molecule has 0 aromatic heterocycles. The molecule has 0 bridgehead atoms. The number of benzene rings is 2. The lowest BCUT2D eigenvalue weighted by Gasteiger charge is -2.17. The normalized spacial score (nSPS) is 11.8. The third-order valence-electron chi connectivity index (χ3n) is 3.11. The van der Waals surface area contributed by atoms with Crippen molar-refractivity contribution in [2.24, 2.45) is 0 Å². The fraction of sp³-hybridized carbons (Fsp3) is 0.250. The highest BCUT2D eigenvalue weighted by atomic mass is 16.6. The maximum absolute atomic E-state index is 10.6. The Labute approximate surface area is 118 Å². The quantitative estimate of drug-likeness (QED) is 0.589. The summed E-state index contributed by atoms with van der Waals surface area (Å²) in [5.74, 6) is 0.665. The van der Waals surface area contributed by atoms with Gasteiger partial charge in [0.2, 0.25) is 0 Å². The third-order valence-corrected chi connectivity index (χ3v) is 3.11. The molecule has 0 saturated carbocycles. The van der Waals surface area contributed by atoms with Crippen molar-refractivity contribution in [1.29, 1.82) is 0 Å². The van der Waals surface area contributed by atoms with Gasteiger partial charge in [-0.25, -0.2) is 0 Å². The first-order valence-corrected chi connectivity index (χ1v) is 6.64. The van der Waals surface area contributed by atoms with Crippen LogP contribution in [0.3, 0.4) is 0 Å². The summed E-state index contributed by atoms with van der Waals surface area (Å²) in [4.78, 5) is 10.2.